The predicted molar refractivity (Wildman–Crippen MR) is 75.8 cm³/mol. The first kappa shape index (κ1) is 16.1. The summed E-state index contributed by atoms with van der Waals surface area (Å²) in [4.78, 5) is 10.1. The van der Waals surface area contributed by atoms with Gasteiger partial charge in [-0.2, -0.15) is 0 Å². The second kappa shape index (κ2) is 9.07. The van der Waals surface area contributed by atoms with Crippen LogP contribution in [0.1, 0.15) is 25.7 Å². The number of unbranched alkanes of at least 4 members (excludes halogenated alkanes) is 3. The molecule has 0 aliphatic heterocycles. The Balaban J connectivity index is 2.65. The van der Waals surface area contributed by atoms with Crippen molar-refractivity contribution in [3.05, 3.63) is 12.1 Å². The summed E-state index contributed by atoms with van der Waals surface area (Å²) in [5.74, 6) is 2.36. The van der Waals surface area contributed by atoms with Gasteiger partial charge in [0.05, 0.1) is 27.9 Å². The average molecular weight is 281 g/mol. The number of rotatable bonds is 10. The molecule has 0 aliphatic rings. The Morgan fingerprint density at radius 1 is 0.950 bits per heavy atom. The smallest absolute Gasteiger partial charge is 0.203 e. The maximum absolute atomic E-state index is 10.1. The molecular formula is C15H21O5. The van der Waals surface area contributed by atoms with Gasteiger partial charge in [-0.15, -0.1) is 0 Å². The van der Waals surface area contributed by atoms with Crippen molar-refractivity contribution < 1.29 is 23.7 Å². The fourth-order valence-corrected chi connectivity index (χ4v) is 1.77. The van der Waals surface area contributed by atoms with Crippen molar-refractivity contribution in [2.24, 2.45) is 0 Å². The molecule has 5 nitrogen and oxygen atoms in total. The maximum atomic E-state index is 10.1. The second-order valence-corrected chi connectivity index (χ2v) is 4.16. The van der Waals surface area contributed by atoms with Crippen LogP contribution in [0, 0.1) is 0 Å². The summed E-state index contributed by atoms with van der Waals surface area (Å²) in [7, 11) is 4.72. The van der Waals surface area contributed by atoms with Gasteiger partial charge in [-0.25, -0.2) is 0 Å². The first-order valence-corrected chi connectivity index (χ1v) is 6.54. The lowest BCUT2D eigenvalue weighted by Gasteiger charge is -2.15. The Bertz CT molecular complexity index is 392. The number of methoxy groups -OCH3 is 3. The van der Waals surface area contributed by atoms with E-state index < -0.39 is 0 Å². The number of carbonyl (C=O) groups excluding carboxylic acids is 1. The highest BCUT2D eigenvalue weighted by molar-refractivity contribution is 5.55. The van der Waals surface area contributed by atoms with E-state index in [1.54, 1.807) is 33.5 Å². The average Bonchev–Trinajstić information content (AvgIpc) is 2.50. The molecule has 20 heavy (non-hydrogen) atoms. The molecule has 0 bridgehead atoms. The highest BCUT2D eigenvalue weighted by atomic mass is 16.5. The zero-order valence-corrected chi connectivity index (χ0v) is 12.2. The van der Waals surface area contributed by atoms with E-state index in [1.807, 2.05) is 6.29 Å². The molecule has 0 unspecified atom stereocenters. The molecule has 0 atom stereocenters. The molecule has 0 fully saturated rings. The molecule has 1 aromatic carbocycles. The highest BCUT2D eigenvalue weighted by Gasteiger charge is 2.14. The molecule has 0 heterocycles. The quantitative estimate of drug-likeness (QED) is 0.617. The van der Waals surface area contributed by atoms with Crippen LogP contribution in [-0.4, -0.2) is 34.2 Å². The van der Waals surface area contributed by atoms with Gasteiger partial charge in [0.2, 0.25) is 5.75 Å². The largest absolute Gasteiger partial charge is 0.496 e. The molecule has 1 rings (SSSR count). The Hall–Kier alpha value is -1.91. The summed E-state index contributed by atoms with van der Waals surface area (Å²) in [6, 6.07) is 3.50. The van der Waals surface area contributed by atoms with E-state index in [2.05, 4.69) is 0 Å². The van der Waals surface area contributed by atoms with Crippen LogP contribution < -0.4 is 18.9 Å². The van der Waals surface area contributed by atoms with Crippen LogP contribution in [0.15, 0.2) is 12.1 Å². The van der Waals surface area contributed by atoms with Crippen molar-refractivity contribution in [2.75, 3.05) is 27.9 Å². The third-order valence-electron chi connectivity index (χ3n) is 2.84. The number of ether oxygens (including phenoxy) is 4. The van der Waals surface area contributed by atoms with Crippen molar-refractivity contribution >= 4 is 6.29 Å². The molecule has 0 saturated carbocycles. The Morgan fingerprint density at radius 2 is 1.60 bits per heavy atom. The highest BCUT2D eigenvalue weighted by Crippen LogP contribution is 2.41. The first-order chi connectivity index (χ1) is 9.76. The standard InChI is InChI=1S/C15H21O5/c1-17-12-10-13(18-2)15(14(11-12)19-3)20-9-7-5-4-6-8-16/h10-11H,4-7,9H2,1-3H3. The Morgan fingerprint density at radius 3 is 2.10 bits per heavy atom. The minimum Gasteiger partial charge on any atom is -0.496 e. The van der Waals surface area contributed by atoms with E-state index in [4.69, 9.17) is 18.9 Å². The molecule has 0 aromatic heterocycles. The summed E-state index contributed by atoms with van der Waals surface area (Å²) in [5, 5.41) is 0. The van der Waals surface area contributed by atoms with E-state index >= 15 is 0 Å². The molecule has 0 N–H and O–H groups in total. The van der Waals surface area contributed by atoms with Gasteiger partial charge < -0.3 is 18.9 Å². The third-order valence-corrected chi connectivity index (χ3v) is 2.84. The van der Waals surface area contributed by atoms with E-state index in [9.17, 15) is 4.79 Å². The summed E-state index contributed by atoms with van der Waals surface area (Å²) >= 11 is 0. The molecule has 5 heteroatoms. The van der Waals surface area contributed by atoms with Crippen LogP contribution in [0.3, 0.4) is 0 Å². The molecule has 1 aromatic rings. The van der Waals surface area contributed by atoms with Gasteiger partial charge in [0.15, 0.2) is 17.8 Å². The number of hydrogen-bond donors (Lipinski definition) is 0. The molecule has 0 amide bonds. The predicted octanol–water partition coefficient (Wildman–Crippen LogP) is 2.76. The van der Waals surface area contributed by atoms with E-state index in [0.29, 0.717) is 36.0 Å². The fourth-order valence-electron chi connectivity index (χ4n) is 1.77. The normalized spacial score (nSPS) is 9.95. The Kier molecular flexibility index (Phi) is 7.32. The van der Waals surface area contributed by atoms with Crippen molar-refractivity contribution in [1.82, 2.24) is 0 Å². The molecular weight excluding hydrogens is 260 g/mol. The lowest BCUT2D eigenvalue weighted by Crippen LogP contribution is -2.02. The zero-order valence-electron chi connectivity index (χ0n) is 12.2. The van der Waals surface area contributed by atoms with Gasteiger partial charge in [0, 0.05) is 18.6 Å². The molecule has 111 valence electrons. The number of benzene rings is 1. The van der Waals surface area contributed by atoms with E-state index in [1.165, 1.54) is 0 Å². The minimum atomic E-state index is 0.481. The lowest BCUT2D eigenvalue weighted by molar-refractivity contribution is 0.266. The third kappa shape index (κ3) is 4.64. The van der Waals surface area contributed by atoms with Crippen LogP contribution >= 0.6 is 0 Å². The van der Waals surface area contributed by atoms with Crippen LogP contribution in [0.2, 0.25) is 0 Å². The molecule has 0 aliphatic carbocycles. The fraction of sp³-hybridized carbons (Fsp3) is 0.533. The first-order valence-electron chi connectivity index (χ1n) is 6.54. The summed E-state index contributed by atoms with van der Waals surface area (Å²) in [6.45, 7) is 0.540. The van der Waals surface area contributed by atoms with Gasteiger partial charge in [0.1, 0.15) is 5.75 Å². The van der Waals surface area contributed by atoms with Gasteiger partial charge in [-0.1, -0.05) is 0 Å². The SMILES string of the molecule is COc1cc(OC)c(OCCCCC[C]=O)c(OC)c1. The molecule has 1 radical (unpaired) electrons. The van der Waals surface area contributed by atoms with Crippen LogP contribution in [0.25, 0.3) is 0 Å². The maximum Gasteiger partial charge on any atom is 0.203 e. The van der Waals surface area contributed by atoms with Gasteiger partial charge in [-0.3, -0.25) is 4.79 Å². The van der Waals surface area contributed by atoms with Crippen LogP contribution in [-0.2, 0) is 4.79 Å². The van der Waals surface area contributed by atoms with Crippen LogP contribution in [0.5, 0.6) is 23.0 Å². The van der Waals surface area contributed by atoms with Crippen molar-refractivity contribution in [3.63, 3.8) is 0 Å². The van der Waals surface area contributed by atoms with Gasteiger partial charge in [-0.05, 0) is 19.3 Å². The lowest BCUT2D eigenvalue weighted by atomic mass is 10.2. The monoisotopic (exact) mass is 281 g/mol. The second-order valence-electron chi connectivity index (χ2n) is 4.16. The molecule has 0 saturated heterocycles. The summed E-state index contributed by atoms with van der Waals surface area (Å²) < 4.78 is 21.5. The van der Waals surface area contributed by atoms with Crippen LogP contribution in [0.4, 0.5) is 0 Å². The topological polar surface area (TPSA) is 54.0 Å². The summed E-state index contributed by atoms with van der Waals surface area (Å²) in [6.07, 6.45) is 4.99. The van der Waals surface area contributed by atoms with Crippen molar-refractivity contribution in [3.8, 4) is 23.0 Å². The van der Waals surface area contributed by atoms with Gasteiger partial charge in [0.25, 0.3) is 0 Å². The van der Waals surface area contributed by atoms with Gasteiger partial charge >= 0.3 is 0 Å². The Labute approximate surface area is 119 Å². The van der Waals surface area contributed by atoms with Crippen molar-refractivity contribution in [1.29, 1.82) is 0 Å². The minimum absolute atomic E-state index is 0.481. The molecule has 0 spiro atoms. The van der Waals surface area contributed by atoms with Crippen molar-refractivity contribution in [2.45, 2.75) is 25.7 Å². The van der Waals surface area contributed by atoms with E-state index in [0.717, 1.165) is 19.3 Å². The zero-order chi connectivity index (χ0) is 14.8. The summed E-state index contributed by atoms with van der Waals surface area (Å²) in [5.41, 5.74) is 0. The van der Waals surface area contributed by atoms with E-state index in [-0.39, 0.29) is 0 Å². The number of hydrogen-bond acceptors (Lipinski definition) is 5.